The lowest BCUT2D eigenvalue weighted by atomic mass is 10.2. The van der Waals surface area contributed by atoms with Gasteiger partial charge < -0.3 is 5.11 Å². The van der Waals surface area contributed by atoms with Crippen LogP contribution in [0.2, 0.25) is 5.02 Å². The molecule has 2 aromatic heterocycles. The lowest BCUT2D eigenvalue weighted by molar-refractivity contribution is -0.119. The van der Waals surface area contributed by atoms with Crippen LogP contribution in [0.1, 0.15) is 29.0 Å². The van der Waals surface area contributed by atoms with Gasteiger partial charge in [0, 0.05) is 11.2 Å². The van der Waals surface area contributed by atoms with E-state index < -0.39 is 17.9 Å². The first-order valence-electron chi connectivity index (χ1n) is 7.65. The third-order valence-corrected chi connectivity index (χ3v) is 3.88. The summed E-state index contributed by atoms with van der Waals surface area (Å²) in [6.45, 7) is 1.99. The molecule has 3 aromatic rings. The molecule has 10 heteroatoms. The zero-order chi connectivity index (χ0) is 18.7. The van der Waals surface area contributed by atoms with E-state index in [1.807, 2.05) is 18.2 Å². The van der Waals surface area contributed by atoms with Crippen molar-refractivity contribution in [1.29, 1.82) is 0 Å². The summed E-state index contributed by atoms with van der Waals surface area (Å²) in [5.41, 5.74) is 0.864. The van der Waals surface area contributed by atoms with Gasteiger partial charge in [-0.3, -0.25) is 10.1 Å². The SMILES string of the molecule is CC(C(=O)Nc1ncn(Cc2cccc(Cl)c2)n1)n1nccc1C(=O)O. The Labute approximate surface area is 153 Å². The first-order chi connectivity index (χ1) is 12.4. The van der Waals surface area contributed by atoms with Crippen LogP contribution in [0.3, 0.4) is 0 Å². The lowest BCUT2D eigenvalue weighted by Gasteiger charge is -2.12. The van der Waals surface area contributed by atoms with Gasteiger partial charge in [0.05, 0.1) is 6.54 Å². The highest BCUT2D eigenvalue weighted by Gasteiger charge is 2.22. The monoisotopic (exact) mass is 374 g/mol. The molecule has 0 saturated heterocycles. The van der Waals surface area contributed by atoms with Gasteiger partial charge in [-0.05, 0) is 30.7 Å². The van der Waals surface area contributed by atoms with E-state index in [4.69, 9.17) is 16.7 Å². The van der Waals surface area contributed by atoms with Crippen LogP contribution in [-0.4, -0.2) is 41.5 Å². The molecule has 0 spiro atoms. The number of rotatable bonds is 6. The molecule has 1 aromatic carbocycles. The molecular formula is C16H15ClN6O3. The highest BCUT2D eigenvalue weighted by Crippen LogP contribution is 2.13. The highest BCUT2D eigenvalue weighted by molar-refractivity contribution is 6.30. The van der Waals surface area contributed by atoms with Gasteiger partial charge in [-0.1, -0.05) is 23.7 Å². The van der Waals surface area contributed by atoms with Crippen molar-refractivity contribution in [2.45, 2.75) is 19.5 Å². The highest BCUT2D eigenvalue weighted by atomic mass is 35.5. The molecular weight excluding hydrogens is 360 g/mol. The van der Waals surface area contributed by atoms with Crippen molar-refractivity contribution in [2.24, 2.45) is 0 Å². The fourth-order valence-corrected chi connectivity index (χ4v) is 2.58. The Morgan fingerprint density at radius 1 is 1.35 bits per heavy atom. The summed E-state index contributed by atoms with van der Waals surface area (Å²) < 4.78 is 2.68. The molecule has 1 atom stereocenters. The van der Waals surface area contributed by atoms with Crippen molar-refractivity contribution in [1.82, 2.24) is 24.5 Å². The number of nitrogens with one attached hydrogen (secondary N) is 1. The molecule has 0 bridgehead atoms. The summed E-state index contributed by atoms with van der Waals surface area (Å²) in [5.74, 6) is -1.52. The minimum Gasteiger partial charge on any atom is -0.477 e. The van der Waals surface area contributed by atoms with E-state index in [1.54, 1.807) is 10.7 Å². The third kappa shape index (κ3) is 3.89. The minimum atomic E-state index is -1.16. The summed E-state index contributed by atoms with van der Waals surface area (Å²) in [6, 6.07) is 7.82. The number of hydrogen-bond donors (Lipinski definition) is 2. The van der Waals surface area contributed by atoms with Gasteiger partial charge in [-0.2, -0.15) is 5.10 Å². The molecule has 3 rings (SSSR count). The number of hydrogen-bond acceptors (Lipinski definition) is 5. The van der Waals surface area contributed by atoms with Crippen molar-refractivity contribution in [3.63, 3.8) is 0 Å². The number of halogens is 1. The van der Waals surface area contributed by atoms with Crippen LogP contribution < -0.4 is 5.32 Å². The van der Waals surface area contributed by atoms with Crippen LogP contribution in [-0.2, 0) is 11.3 Å². The molecule has 0 aliphatic carbocycles. The molecule has 2 heterocycles. The molecule has 1 unspecified atom stereocenters. The fraction of sp³-hybridized carbons (Fsp3) is 0.188. The number of amides is 1. The first kappa shape index (κ1) is 17.6. The number of aromatic carboxylic acids is 1. The molecule has 26 heavy (non-hydrogen) atoms. The van der Waals surface area contributed by atoms with E-state index in [-0.39, 0.29) is 11.6 Å². The number of carboxylic acid groups (broad SMARTS) is 1. The number of aromatic nitrogens is 5. The Hall–Kier alpha value is -3.20. The van der Waals surface area contributed by atoms with E-state index in [9.17, 15) is 9.59 Å². The van der Waals surface area contributed by atoms with Crippen LogP contribution in [0.4, 0.5) is 5.95 Å². The van der Waals surface area contributed by atoms with Gasteiger partial charge in [0.15, 0.2) is 0 Å². The van der Waals surface area contributed by atoms with Crippen LogP contribution in [0.5, 0.6) is 0 Å². The maximum absolute atomic E-state index is 12.3. The van der Waals surface area contributed by atoms with Crippen molar-refractivity contribution in [2.75, 3.05) is 5.32 Å². The van der Waals surface area contributed by atoms with Crippen molar-refractivity contribution >= 4 is 29.4 Å². The predicted octanol–water partition coefficient (Wildman–Crippen LogP) is 2.07. The molecule has 0 fully saturated rings. The van der Waals surface area contributed by atoms with E-state index >= 15 is 0 Å². The smallest absolute Gasteiger partial charge is 0.354 e. The Bertz CT molecular complexity index is 951. The fourth-order valence-electron chi connectivity index (χ4n) is 2.37. The zero-order valence-electron chi connectivity index (χ0n) is 13.7. The Balaban J connectivity index is 1.67. The summed E-state index contributed by atoms with van der Waals surface area (Å²) in [4.78, 5) is 27.5. The summed E-state index contributed by atoms with van der Waals surface area (Å²) in [5, 5.41) is 20.4. The molecule has 1 amide bonds. The molecule has 0 radical (unpaired) electrons. The minimum absolute atomic E-state index is 0.0768. The van der Waals surface area contributed by atoms with Gasteiger partial charge in [-0.25, -0.2) is 19.1 Å². The number of nitrogens with zero attached hydrogens (tertiary/aromatic N) is 5. The molecule has 0 aliphatic heterocycles. The largest absolute Gasteiger partial charge is 0.477 e. The topological polar surface area (TPSA) is 115 Å². The lowest BCUT2D eigenvalue weighted by Crippen LogP contribution is -2.27. The standard InChI is InChI=1S/C16H15ClN6O3/c1-10(23-13(15(25)26)5-6-19-23)14(24)20-16-18-9-22(21-16)8-11-3-2-4-12(17)7-11/h2-7,9-10H,8H2,1H3,(H,25,26)(H,20,21,24). The quantitative estimate of drug-likeness (QED) is 0.682. The molecule has 0 aliphatic rings. The third-order valence-electron chi connectivity index (χ3n) is 3.64. The first-order valence-corrected chi connectivity index (χ1v) is 8.03. The second kappa shape index (κ2) is 7.36. The molecule has 9 nitrogen and oxygen atoms in total. The maximum atomic E-state index is 12.3. The number of anilines is 1. The number of carboxylic acids is 1. The molecule has 2 N–H and O–H groups in total. The van der Waals surface area contributed by atoms with Crippen LogP contribution in [0, 0.1) is 0 Å². The molecule has 0 saturated carbocycles. The zero-order valence-corrected chi connectivity index (χ0v) is 14.5. The number of carbonyl (C=O) groups is 2. The van der Waals surface area contributed by atoms with Gasteiger partial charge in [0.2, 0.25) is 5.95 Å². The average molecular weight is 375 g/mol. The molecule has 134 valence electrons. The van der Waals surface area contributed by atoms with Crippen LogP contribution in [0.15, 0.2) is 42.9 Å². The normalized spacial score (nSPS) is 11.9. The van der Waals surface area contributed by atoms with Gasteiger partial charge in [0.1, 0.15) is 18.1 Å². The van der Waals surface area contributed by atoms with Crippen LogP contribution in [0.25, 0.3) is 0 Å². The van der Waals surface area contributed by atoms with E-state index in [2.05, 4.69) is 20.5 Å². The summed E-state index contributed by atoms with van der Waals surface area (Å²) in [7, 11) is 0. The van der Waals surface area contributed by atoms with Gasteiger partial charge in [-0.15, -0.1) is 5.10 Å². The van der Waals surface area contributed by atoms with E-state index in [0.29, 0.717) is 11.6 Å². The summed E-state index contributed by atoms with van der Waals surface area (Å²) in [6.07, 6.45) is 2.81. The summed E-state index contributed by atoms with van der Waals surface area (Å²) >= 11 is 5.95. The van der Waals surface area contributed by atoms with E-state index in [1.165, 1.54) is 25.5 Å². The average Bonchev–Trinajstić information content (AvgIpc) is 3.23. The van der Waals surface area contributed by atoms with Gasteiger partial charge in [0.25, 0.3) is 5.91 Å². The Kier molecular flexibility index (Phi) is 4.99. The number of carbonyl (C=O) groups excluding carboxylic acids is 1. The second-order valence-corrected chi connectivity index (χ2v) is 5.96. The predicted molar refractivity (Wildman–Crippen MR) is 93.1 cm³/mol. The van der Waals surface area contributed by atoms with Crippen molar-refractivity contribution < 1.29 is 14.7 Å². The second-order valence-electron chi connectivity index (χ2n) is 5.53. The van der Waals surface area contributed by atoms with Crippen molar-refractivity contribution in [3.05, 3.63) is 59.1 Å². The van der Waals surface area contributed by atoms with Crippen molar-refractivity contribution in [3.8, 4) is 0 Å². The van der Waals surface area contributed by atoms with Crippen LogP contribution >= 0.6 is 11.6 Å². The number of benzene rings is 1. The maximum Gasteiger partial charge on any atom is 0.354 e. The van der Waals surface area contributed by atoms with Gasteiger partial charge >= 0.3 is 5.97 Å². The Morgan fingerprint density at radius 2 is 2.15 bits per heavy atom. The Morgan fingerprint density at radius 3 is 2.88 bits per heavy atom. The van der Waals surface area contributed by atoms with E-state index in [0.717, 1.165) is 10.2 Å².